The fourth-order valence-electron chi connectivity index (χ4n) is 2.19. The van der Waals surface area contributed by atoms with E-state index in [0.717, 1.165) is 18.4 Å². The van der Waals surface area contributed by atoms with Crippen LogP contribution in [-0.2, 0) is 0 Å². The van der Waals surface area contributed by atoms with Gasteiger partial charge in [0.2, 0.25) is 5.96 Å². The van der Waals surface area contributed by atoms with E-state index >= 15 is 0 Å². The predicted octanol–water partition coefficient (Wildman–Crippen LogP) is 3.48. The van der Waals surface area contributed by atoms with E-state index in [1.807, 2.05) is 13.0 Å². The Morgan fingerprint density at radius 3 is 2.58 bits per heavy atom. The van der Waals surface area contributed by atoms with Crippen molar-refractivity contribution < 1.29 is 0 Å². The zero-order valence-corrected chi connectivity index (χ0v) is 12.4. The van der Waals surface area contributed by atoms with Crippen LogP contribution < -0.4 is 16.6 Å². The second-order valence-corrected chi connectivity index (χ2v) is 5.58. The zero-order chi connectivity index (χ0) is 13.8. The van der Waals surface area contributed by atoms with E-state index < -0.39 is 0 Å². The lowest BCUT2D eigenvalue weighted by Gasteiger charge is -2.14. The molecule has 0 amide bonds. The number of nitrogens with zero attached hydrogens (tertiary/aromatic N) is 1. The molecule has 0 heterocycles. The van der Waals surface area contributed by atoms with Crippen LogP contribution in [0.15, 0.2) is 17.1 Å². The first-order valence-electron chi connectivity index (χ1n) is 6.37. The van der Waals surface area contributed by atoms with Crippen LogP contribution >= 0.6 is 23.2 Å². The minimum atomic E-state index is 0.332. The SMILES string of the molecule is Cc1cc(Cl)c(NC(=NC2CCCC2)NN)cc1Cl. The molecule has 0 radical (unpaired) electrons. The molecule has 1 fully saturated rings. The summed E-state index contributed by atoms with van der Waals surface area (Å²) in [6.45, 7) is 1.91. The summed E-state index contributed by atoms with van der Waals surface area (Å²) in [4.78, 5) is 4.55. The molecule has 1 aliphatic rings. The van der Waals surface area contributed by atoms with Gasteiger partial charge in [0.05, 0.1) is 16.8 Å². The minimum absolute atomic E-state index is 0.332. The Bertz CT molecular complexity index is 482. The third-order valence-electron chi connectivity index (χ3n) is 3.27. The molecule has 1 saturated carbocycles. The number of rotatable bonds is 2. The molecule has 0 aliphatic heterocycles. The molecular weight excluding hydrogens is 283 g/mol. The fourth-order valence-corrected chi connectivity index (χ4v) is 2.62. The normalized spacial score (nSPS) is 16.7. The molecule has 104 valence electrons. The first-order chi connectivity index (χ1) is 9.10. The highest BCUT2D eigenvalue weighted by Gasteiger charge is 2.15. The summed E-state index contributed by atoms with van der Waals surface area (Å²) in [7, 11) is 0. The second-order valence-electron chi connectivity index (χ2n) is 4.77. The summed E-state index contributed by atoms with van der Waals surface area (Å²) in [6, 6.07) is 3.93. The van der Waals surface area contributed by atoms with E-state index in [-0.39, 0.29) is 0 Å². The number of hydrazine groups is 1. The molecule has 2 rings (SSSR count). The van der Waals surface area contributed by atoms with E-state index in [1.165, 1.54) is 12.8 Å². The van der Waals surface area contributed by atoms with Gasteiger partial charge in [0, 0.05) is 5.02 Å². The van der Waals surface area contributed by atoms with Gasteiger partial charge in [-0.1, -0.05) is 36.0 Å². The standard InChI is InChI=1S/C13H18Cl2N4/c1-8-6-11(15)12(7-10(8)14)18-13(19-16)17-9-4-2-3-5-9/h6-7,9H,2-5,16H2,1H3,(H2,17,18,19). The van der Waals surface area contributed by atoms with Crippen LogP contribution in [-0.4, -0.2) is 12.0 Å². The molecule has 6 heteroatoms. The maximum Gasteiger partial charge on any atom is 0.210 e. The molecule has 4 nitrogen and oxygen atoms in total. The molecule has 1 aromatic rings. The van der Waals surface area contributed by atoms with Crippen LogP contribution in [0.2, 0.25) is 10.0 Å². The number of aliphatic imine (C=N–C) groups is 1. The van der Waals surface area contributed by atoms with Crippen LogP contribution in [0.25, 0.3) is 0 Å². The first kappa shape index (κ1) is 14.4. The maximum atomic E-state index is 6.17. The lowest BCUT2D eigenvalue weighted by atomic mass is 10.2. The molecule has 4 N–H and O–H groups in total. The predicted molar refractivity (Wildman–Crippen MR) is 81.8 cm³/mol. The van der Waals surface area contributed by atoms with Crippen molar-refractivity contribution in [2.24, 2.45) is 10.8 Å². The Hall–Kier alpha value is -0.970. The van der Waals surface area contributed by atoms with Crippen LogP contribution in [0.4, 0.5) is 5.69 Å². The number of hydrogen-bond acceptors (Lipinski definition) is 2. The minimum Gasteiger partial charge on any atom is -0.324 e. The number of aryl methyl sites for hydroxylation is 1. The zero-order valence-electron chi connectivity index (χ0n) is 10.8. The van der Waals surface area contributed by atoms with Gasteiger partial charge in [0.15, 0.2) is 0 Å². The van der Waals surface area contributed by atoms with E-state index in [1.54, 1.807) is 6.07 Å². The van der Waals surface area contributed by atoms with Crippen LogP contribution in [0.3, 0.4) is 0 Å². The Balaban J connectivity index is 2.15. The highest BCUT2D eigenvalue weighted by Crippen LogP contribution is 2.29. The molecule has 0 saturated heterocycles. The van der Waals surface area contributed by atoms with Crippen molar-refractivity contribution >= 4 is 34.8 Å². The maximum absolute atomic E-state index is 6.17. The molecule has 0 spiro atoms. The molecular formula is C13H18Cl2N4. The van der Waals surface area contributed by atoms with Crippen molar-refractivity contribution in [2.45, 2.75) is 38.6 Å². The average Bonchev–Trinajstić information content (AvgIpc) is 2.87. The quantitative estimate of drug-likeness (QED) is 0.339. The number of hydrogen-bond donors (Lipinski definition) is 3. The number of anilines is 1. The monoisotopic (exact) mass is 300 g/mol. The van der Waals surface area contributed by atoms with E-state index in [4.69, 9.17) is 29.0 Å². The fraction of sp³-hybridized carbons (Fsp3) is 0.462. The van der Waals surface area contributed by atoms with Gasteiger partial charge in [-0.3, -0.25) is 5.43 Å². The molecule has 0 aromatic heterocycles. The van der Waals surface area contributed by atoms with Gasteiger partial charge in [0.1, 0.15) is 0 Å². The number of guanidine groups is 1. The van der Waals surface area contributed by atoms with Crippen molar-refractivity contribution in [3.63, 3.8) is 0 Å². The van der Waals surface area contributed by atoms with Gasteiger partial charge >= 0.3 is 0 Å². The van der Waals surface area contributed by atoms with Crippen molar-refractivity contribution in [1.29, 1.82) is 0 Å². The highest BCUT2D eigenvalue weighted by molar-refractivity contribution is 6.36. The topological polar surface area (TPSA) is 62.4 Å². The van der Waals surface area contributed by atoms with Crippen LogP contribution in [0, 0.1) is 6.92 Å². The lowest BCUT2D eigenvalue weighted by molar-refractivity contribution is 0.700. The van der Waals surface area contributed by atoms with Gasteiger partial charge in [0.25, 0.3) is 0 Å². The molecule has 1 aromatic carbocycles. The second kappa shape index (κ2) is 6.46. The first-order valence-corrected chi connectivity index (χ1v) is 7.13. The van der Waals surface area contributed by atoms with Crippen molar-refractivity contribution in [3.8, 4) is 0 Å². The molecule has 0 unspecified atom stereocenters. The van der Waals surface area contributed by atoms with E-state index in [9.17, 15) is 0 Å². The number of halogens is 2. The molecule has 19 heavy (non-hydrogen) atoms. The van der Waals surface area contributed by atoms with Crippen molar-refractivity contribution in [2.75, 3.05) is 5.32 Å². The largest absolute Gasteiger partial charge is 0.324 e. The smallest absolute Gasteiger partial charge is 0.210 e. The summed E-state index contributed by atoms with van der Waals surface area (Å²) >= 11 is 12.3. The number of nitrogens with one attached hydrogen (secondary N) is 2. The molecule has 0 bridgehead atoms. The summed E-state index contributed by atoms with van der Waals surface area (Å²) in [5, 5.41) is 4.34. The Morgan fingerprint density at radius 1 is 1.26 bits per heavy atom. The summed E-state index contributed by atoms with van der Waals surface area (Å²) in [6.07, 6.45) is 4.66. The summed E-state index contributed by atoms with van der Waals surface area (Å²) < 4.78 is 0. The number of benzene rings is 1. The molecule has 1 aliphatic carbocycles. The van der Waals surface area contributed by atoms with Crippen LogP contribution in [0.1, 0.15) is 31.2 Å². The summed E-state index contributed by atoms with van der Waals surface area (Å²) in [5.41, 5.74) is 4.21. The van der Waals surface area contributed by atoms with E-state index in [2.05, 4.69) is 15.7 Å². The lowest BCUT2D eigenvalue weighted by Crippen LogP contribution is -2.37. The Labute approximate surface area is 123 Å². The van der Waals surface area contributed by atoms with Crippen molar-refractivity contribution in [1.82, 2.24) is 5.43 Å². The third kappa shape index (κ3) is 3.75. The van der Waals surface area contributed by atoms with Crippen LogP contribution in [0.5, 0.6) is 0 Å². The average molecular weight is 301 g/mol. The van der Waals surface area contributed by atoms with Gasteiger partial charge in [-0.05, 0) is 37.5 Å². The van der Waals surface area contributed by atoms with Gasteiger partial charge in [-0.2, -0.15) is 0 Å². The Kier molecular flexibility index (Phi) is 4.91. The Morgan fingerprint density at radius 2 is 1.95 bits per heavy atom. The van der Waals surface area contributed by atoms with Crippen molar-refractivity contribution in [3.05, 3.63) is 27.7 Å². The third-order valence-corrected chi connectivity index (χ3v) is 3.99. The van der Waals surface area contributed by atoms with Gasteiger partial charge in [-0.15, -0.1) is 0 Å². The van der Waals surface area contributed by atoms with Gasteiger partial charge in [-0.25, -0.2) is 10.8 Å². The summed E-state index contributed by atoms with van der Waals surface area (Å²) in [5.74, 6) is 6.02. The molecule has 0 atom stereocenters. The number of nitrogens with two attached hydrogens (primary N) is 1. The highest BCUT2D eigenvalue weighted by atomic mass is 35.5. The van der Waals surface area contributed by atoms with E-state index in [0.29, 0.717) is 27.7 Å². The van der Waals surface area contributed by atoms with Gasteiger partial charge < -0.3 is 5.32 Å².